The van der Waals surface area contributed by atoms with Crippen molar-refractivity contribution in [2.75, 3.05) is 0 Å². The van der Waals surface area contributed by atoms with Crippen LogP contribution in [0.3, 0.4) is 0 Å². The monoisotopic (exact) mass is 208 g/mol. The van der Waals surface area contributed by atoms with Crippen LogP contribution in [-0.2, 0) is 6.18 Å². The summed E-state index contributed by atoms with van der Waals surface area (Å²) < 4.78 is 36.6. The molecule has 0 radical (unpaired) electrons. The summed E-state index contributed by atoms with van der Waals surface area (Å²) >= 11 is 0. The summed E-state index contributed by atoms with van der Waals surface area (Å²) in [6.45, 7) is 0. The molecular formula is C7H8BF3O3. The van der Waals surface area contributed by atoms with Crippen molar-refractivity contribution < 1.29 is 28.7 Å². The Morgan fingerprint density at radius 3 is 1.93 bits per heavy atom. The van der Waals surface area contributed by atoms with Gasteiger partial charge in [-0.15, -0.1) is 0 Å². The molecule has 0 saturated heterocycles. The molecule has 0 heterocycles. The van der Waals surface area contributed by atoms with Crippen molar-refractivity contribution >= 4 is 12.6 Å². The highest BCUT2D eigenvalue weighted by atomic mass is 19.4. The summed E-state index contributed by atoms with van der Waals surface area (Å²) in [4.78, 5) is 0. The molecule has 14 heavy (non-hydrogen) atoms. The quantitative estimate of drug-likeness (QED) is 0.614. The number of rotatable bonds is 1. The first-order valence-electron chi connectivity index (χ1n) is 3.45. The fourth-order valence-corrected chi connectivity index (χ4v) is 0.980. The molecule has 0 spiro atoms. The molecule has 78 valence electrons. The Morgan fingerprint density at radius 1 is 1.07 bits per heavy atom. The van der Waals surface area contributed by atoms with Crippen molar-refractivity contribution in [1.29, 1.82) is 0 Å². The van der Waals surface area contributed by atoms with Gasteiger partial charge in [0.05, 0.1) is 5.56 Å². The van der Waals surface area contributed by atoms with Crippen molar-refractivity contribution in [2.45, 2.75) is 6.18 Å². The van der Waals surface area contributed by atoms with Crippen LogP contribution in [0.25, 0.3) is 0 Å². The molecule has 1 aromatic carbocycles. The Balaban J connectivity index is 0.00000169. The third-order valence-electron chi connectivity index (χ3n) is 1.54. The van der Waals surface area contributed by atoms with Gasteiger partial charge in [-0.25, -0.2) is 0 Å². The van der Waals surface area contributed by atoms with E-state index < -0.39 is 24.3 Å². The first kappa shape index (κ1) is 13.0. The van der Waals surface area contributed by atoms with Gasteiger partial charge in [-0.05, 0) is 5.46 Å². The van der Waals surface area contributed by atoms with E-state index in [-0.39, 0.29) is 5.48 Å². The highest BCUT2D eigenvalue weighted by Gasteiger charge is 2.35. The SMILES string of the molecule is O.OB(O)c1ccccc1C(F)(F)F. The lowest BCUT2D eigenvalue weighted by molar-refractivity contribution is -0.136. The predicted octanol–water partition coefficient (Wildman–Crippen LogP) is -0.440. The minimum absolute atomic E-state index is 0. The zero-order valence-electron chi connectivity index (χ0n) is 6.92. The van der Waals surface area contributed by atoms with Gasteiger partial charge in [0.1, 0.15) is 0 Å². The first-order valence-corrected chi connectivity index (χ1v) is 3.45. The molecule has 0 unspecified atom stereocenters. The molecule has 0 aromatic heterocycles. The Labute approximate surface area is 78.3 Å². The molecule has 0 amide bonds. The zero-order valence-corrected chi connectivity index (χ0v) is 6.92. The van der Waals surface area contributed by atoms with Gasteiger partial charge >= 0.3 is 13.3 Å². The van der Waals surface area contributed by atoms with Crippen LogP contribution in [0.2, 0.25) is 0 Å². The molecule has 0 saturated carbocycles. The third-order valence-corrected chi connectivity index (χ3v) is 1.54. The smallest absolute Gasteiger partial charge is 0.423 e. The highest BCUT2D eigenvalue weighted by molar-refractivity contribution is 6.59. The van der Waals surface area contributed by atoms with Crippen LogP contribution >= 0.6 is 0 Å². The van der Waals surface area contributed by atoms with E-state index in [1.54, 1.807) is 0 Å². The first-order chi connectivity index (χ1) is 5.93. The molecule has 0 aliphatic carbocycles. The molecule has 7 heteroatoms. The average molecular weight is 208 g/mol. The lowest BCUT2D eigenvalue weighted by Crippen LogP contribution is -2.35. The van der Waals surface area contributed by atoms with Crippen LogP contribution in [0.15, 0.2) is 24.3 Å². The summed E-state index contributed by atoms with van der Waals surface area (Å²) in [6, 6.07) is 4.32. The van der Waals surface area contributed by atoms with E-state index in [4.69, 9.17) is 10.0 Å². The van der Waals surface area contributed by atoms with Gasteiger partial charge in [-0.2, -0.15) is 13.2 Å². The number of hydrogen-bond acceptors (Lipinski definition) is 2. The van der Waals surface area contributed by atoms with Crippen LogP contribution in [0, 0.1) is 0 Å². The molecule has 0 bridgehead atoms. The van der Waals surface area contributed by atoms with Gasteiger partial charge < -0.3 is 15.5 Å². The fraction of sp³-hybridized carbons (Fsp3) is 0.143. The van der Waals surface area contributed by atoms with Crippen molar-refractivity contribution in [3.63, 3.8) is 0 Å². The largest absolute Gasteiger partial charge is 0.489 e. The summed E-state index contributed by atoms with van der Waals surface area (Å²) in [5, 5.41) is 17.2. The number of benzene rings is 1. The van der Waals surface area contributed by atoms with E-state index in [2.05, 4.69) is 0 Å². The van der Waals surface area contributed by atoms with Crippen molar-refractivity contribution in [3.8, 4) is 0 Å². The molecule has 1 aromatic rings. The molecule has 0 aliphatic heterocycles. The Hall–Kier alpha value is -1.05. The van der Waals surface area contributed by atoms with E-state index in [1.165, 1.54) is 12.1 Å². The van der Waals surface area contributed by atoms with Crippen LogP contribution in [-0.4, -0.2) is 22.6 Å². The highest BCUT2D eigenvalue weighted by Crippen LogP contribution is 2.27. The fourth-order valence-electron chi connectivity index (χ4n) is 0.980. The minimum atomic E-state index is -4.56. The molecule has 3 nitrogen and oxygen atoms in total. The molecular weight excluding hydrogens is 200 g/mol. The van der Waals surface area contributed by atoms with Crippen LogP contribution in [0.4, 0.5) is 13.2 Å². The second-order valence-electron chi connectivity index (χ2n) is 2.46. The molecule has 4 N–H and O–H groups in total. The van der Waals surface area contributed by atoms with Gasteiger partial charge in [-0.1, -0.05) is 24.3 Å². The normalized spacial score (nSPS) is 10.6. The molecule has 0 fully saturated rings. The summed E-state index contributed by atoms with van der Waals surface area (Å²) in [6.07, 6.45) is -4.56. The molecule has 1 rings (SSSR count). The standard InChI is InChI=1S/C7H6BF3O2.H2O/c9-7(10,11)5-3-1-2-4-6(5)8(12)13;/h1-4,12-13H;1H2. The topological polar surface area (TPSA) is 72.0 Å². The second kappa shape index (κ2) is 4.45. The average Bonchev–Trinajstić information content (AvgIpc) is 2.03. The Kier molecular flexibility index (Phi) is 4.12. The Morgan fingerprint density at radius 2 is 1.57 bits per heavy atom. The summed E-state index contributed by atoms with van der Waals surface area (Å²) in [7, 11) is -2.10. The zero-order chi connectivity index (χ0) is 10.1. The van der Waals surface area contributed by atoms with E-state index in [0.29, 0.717) is 0 Å². The summed E-state index contributed by atoms with van der Waals surface area (Å²) in [5.74, 6) is 0. The van der Waals surface area contributed by atoms with Gasteiger partial charge in [0.2, 0.25) is 0 Å². The lowest BCUT2D eigenvalue weighted by Gasteiger charge is -2.11. The Bertz CT molecular complexity index is 300. The maximum Gasteiger partial charge on any atom is 0.489 e. The third kappa shape index (κ3) is 2.73. The van der Waals surface area contributed by atoms with Gasteiger partial charge in [0.15, 0.2) is 0 Å². The predicted molar refractivity (Wildman–Crippen MR) is 44.9 cm³/mol. The van der Waals surface area contributed by atoms with Crippen LogP contribution in [0.5, 0.6) is 0 Å². The van der Waals surface area contributed by atoms with Crippen LogP contribution in [0.1, 0.15) is 5.56 Å². The maximum atomic E-state index is 12.2. The van der Waals surface area contributed by atoms with E-state index in [9.17, 15) is 13.2 Å². The summed E-state index contributed by atoms with van der Waals surface area (Å²) in [5.41, 5.74) is -1.56. The van der Waals surface area contributed by atoms with E-state index >= 15 is 0 Å². The molecule has 0 atom stereocenters. The lowest BCUT2D eigenvalue weighted by atomic mass is 9.77. The maximum absolute atomic E-state index is 12.2. The van der Waals surface area contributed by atoms with Crippen molar-refractivity contribution in [3.05, 3.63) is 29.8 Å². The van der Waals surface area contributed by atoms with Crippen LogP contribution < -0.4 is 5.46 Å². The molecule has 0 aliphatic rings. The minimum Gasteiger partial charge on any atom is -0.423 e. The van der Waals surface area contributed by atoms with E-state index in [0.717, 1.165) is 12.1 Å². The van der Waals surface area contributed by atoms with Crippen molar-refractivity contribution in [1.82, 2.24) is 0 Å². The number of alkyl halides is 3. The number of halogens is 3. The van der Waals surface area contributed by atoms with Gasteiger partial charge in [0.25, 0.3) is 0 Å². The second-order valence-corrected chi connectivity index (χ2v) is 2.46. The van der Waals surface area contributed by atoms with Gasteiger partial charge in [-0.3, -0.25) is 0 Å². The van der Waals surface area contributed by atoms with Gasteiger partial charge in [0, 0.05) is 0 Å². The number of hydrogen-bond donors (Lipinski definition) is 2. The van der Waals surface area contributed by atoms with E-state index in [1.807, 2.05) is 0 Å². The van der Waals surface area contributed by atoms with Crippen molar-refractivity contribution in [2.24, 2.45) is 0 Å².